The number of piperidine rings is 1. The largest absolute Gasteiger partial charge is 0.369 e. The molecule has 2 fully saturated rings. The van der Waals surface area contributed by atoms with E-state index in [9.17, 15) is 10.1 Å². The highest BCUT2D eigenvalue weighted by atomic mass is 35.5. The van der Waals surface area contributed by atoms with Crippen LogP contribution in [0.4, 0.5) is 17.6 Å². The van der Waals surface area contributed by atoms with Gasteiger partial charge in [-0.3, -0.25) is 14.3 Å². The van der Waals surface area contributed by atoms with E-state index in [1.807, 2.05) is 0 Å². The summed E-state index contributed by atoms with van der Waals surface area (Å²) in [6.07, 6.45) is 6.81. The summed E-state index contributed by atoms with van der Waals surface area (Å²) in [4.78, 5) is 28.6. The molecule has 1 aromatic carbocycles. The Morgan fingerprint density at radius 2 is 1.87 bits per heavy atom. The number of halogens is 2. The fourth-order valence-electron chi connectivity index (χ4n) is 5.66. The molecule has 0 bridgehead atoms. The van der Waals surface area contributed by atoms with Gasteiger partial charge >= 0.3 is 0 Å². The number of nitriles is 1. The molecule has 2 aromatic heterocycles. The van der Waals surface area contributed by atoms with E-state index >= 15 is 0 Å². The number of rotatable bonds is 7. The van der Waals surface area contributed by atoms with Crippen molar-refractivity contribution in [1.29, 1.82) is 5.26 Å². The van der Waals surface area contributed by atoms with Gasteiger partial charge in [0.05, 0.1) is 33.6 Å². The minimum atomic E-state index is -0.254. The topological polar surface area (TPSA) is 138 Å². The monoisotopic (exact) mass is 569 g/mol. The van der Waals surface area contributed by atoms with E-state index in [-0.39, 0.29) is 23.9 Å². The van der Waals surface area contributed by atoms with Crippen LogP contribution in [0.3, 0.4) is 0 Å². The summed E-state index contributed by atoms with van der Waals surface area (Å²) in [7, 11) is 0. The molecule has 1 saturated carbocycles. The van der Waals surface area contributed by atoms with E-state index in [4.69, 9.17) is 38.9 Å². The molecule has 10 nitrogen and oxygen atoms in total. The van der Waals surface area contributed by atoms with Crippen LogP contribution in [0.15, 0.2) is 18.3 Å². The van der Waals surface area contributed by atoms with Gasteiger partial charge in [0.25, 0.3) is 0 Å². The van der Waals surface area contributed by atoms with E-state index in [0.717, 1.165) is 38.8 Å². The third kappa shape index (κ3) is 5.91. The van der Waals surface area contributed by atoms with Gasteiger partial charge < -0.3 is 16.4 Å². The minimum absolute atomic E-state index is 0.0397. The molecule has 0 unspecified atom stereocenters. The summed E-state index contributed by atoms with van der Waals surface area (Å²) < 4.78 is 2.06. The van der Waals surface area contributed by atoms with Crippen LogP contribution in [0.5, 0.6) is 0 Å². The summed E-state index contributed by atoms with van der Waals surface area (Å²) in [6, 6.07) is 5.98. The molecule has 1 amide bonds. The van der Waals surface area contributed by atoms with Gasteiger partial charge in [0.2, 0.25) is 17.8 Å². The third-order valence-electron chi connectivity index (χ3n) is 7.82. The fraction of sp³-hybridized carbons (Fsp3) is 0.519. The van der Waals surface area contributed by atoms with Gasteiger partial charge in [-0.25, -0.2) is 9.97 Å². The number of hydrogen-bond donors (Lipinski definition) is 3. The van der Waals surface area contributed by atoms with Gasteiger partial charge in [0, 0.05) is 30.6 Å². The van der Waals surface area contributed by atoms with Crippen molar-refractivity contribution in [2.45, 2.75) is 70.5 Å². The third-order valence-corrected chi connectivity index (χ3v) is 8.42. The number of carbonyl (C=O) groups is 1. The molecular weight excluding hydrogens is 537 g/mol. The van der Waals surface area contributed by atoms with Gasteiger partial charge in [0.15, 0.2) is 5.65 Å². The first-order valence-electron chi connectivity index (χ1n) is 13.4. The van der Waals surface area contributed by atoms with Crippen molar-refractivity contribution < 1.29 is 4.79 Å². The van der Waals surface area contributed by atoms with Crippen molar-refractivity contribution in [1.82, 2.24) is 24.4 Å². The molecule has 39 heavy (non-hydrogen) atoms. The van der Waals surface area contributed by atoms with Crippen molar-refractivity contribution in [3.8, 4) is 6.07 Å². The van der Waals surface area contributed by atoms with Gasteiger partial charge in [-0.1, -0.05) is 23.2 Å². The lowest BCUT2D eigenvalue weighted by molar-refractivity contribution is -0.122. The highest BCUT2D eigenvalue weighted by Crippen LogP contribution is 2.39. The van der Waals surface area contributed by atoms with Crippen molar-refractivity contribution in [2.75, 3.05) is 23.7 Å². The molecule has 3 aromatic rings. The Labute approximate surface area is 237 Å². The Morgan fingerprint density at radius 3 is 2.51 bits per heavy atom. The van der Waals surface area contributed by atoms with Crippen LogP contribution < -0.4 is 16.4 Å². The zero-order valence-electron chi connectivity index (χ0n) is 22.1. The average molecular weight is 571 g/mol. The molecule has 4 N–H and O–H groups in total. The van der Waals surface area contributed by atoms with Crippen LogP contribution in [-0.4, -0.2) is 55.5 Å². The second-order valence-corrected chi connectivity index (χ2v) is 11.6. The van der Waals surface area contributed by atoms with Gasteiger partial charge in [-0.15, -0.1) is 0 Å². The maximum absolute atomic E-state index is 11.8. The number of amides is 1. The molecule has 1 atom stereocenters. The Hall–Kier alpha value is -3.13. The molecule has 5 rings (SSSR count). The number of likely N-dealkylation sites (tertiary alicyclic amines) is 1. The zero-order valence-corrected chi connectivity index (χ0v) is 23.6. The maximum Gasteiger partial charge on any atom is 0.225 e. The molecule has 206 valence electrons. The Balaban J connectivity index is 1.50. The molecule has 1 aliphatic carbocycles. The summed E-state index contributed by atoms with van der Waals surface area (Å²) in [5.74, 6) is 0.703. The standard InChI is InChI=1S/C27H33Cl2N9O/c1-15(2)37-9-3-4-18(14-37)33-26-32-13-22-25(36-26)38(19-7-5-17(6-8-19)24(31)39)27(34-22)35-23-20(28)10-16(12-30)11-21(23)29/h10-11,13,15,17-19H,3-9,14H2,1-2H3,(H2,31,39)(H,34,35)(H,32,33,36)/t17?,18-,19?/m1/s1. The van der Waals surface area contributed by atoms with Crippen molar-refractivity contribution in [3.05, 3.63) is 33.9 Å². The molecule has 2 aliphatic rings. The SMILES string of the molecule is CC(C)N1CCC[C@@H](Nc2ncc3nc(Nc4c(Cl)cc(C#N)cc4Cl)n(C4CCC(C(N)=O)CC4)c3n2)C1. The van der Waals surface area contributed by atoms with E-state index in [2.05, 4.69) is 45.0 Å². The van der Waals surface area contributed by atoms with Crippen molar-refractivity contribution >= 4 is 57.9 Å². The molecular formula is C27H33Cl2N9O. The lowest BCUT2D eigenvalue weighted by Gasteiger charge is -2.35. The predicted octanol–water partition coefficient (Wildman–Crippen LogP) is 5.25. The minimum Gasteiger partial charge on any atom is -0.369 e. The normalized spacial score (nSPS) is 22.1. The lowest BCUT2D eigenvalue weighted by atomic mass is 9.85. The van der Waals surface area contributed by atoms with Crippen LogP contribution in [0.1, 0.15) is 64.0 Å². The molecule has 12 heteroatoms. The zero-order chi connectivity index (χ0) is 27.7. The molecule has 1 aliphatic heterocycles. The van der Waals surface area contributed by atoms with E-state index < -0.39 is 0 Å². The number of primary amides is 1. The number of aromatic nitrogens is 4. The Bertz CT molecular complexity index is 1390. The number of anilines is 3. The van der Waals surface area contributed by atoms with E-state index in [1.54, 1.807) is 18.3 Å². The highest BCUT2D eigenvalue weighted by Gasteiger charge is 2.30. The number of benzene rings is 1. The molecule has 1 saturated heterocycles. The first kappa shape index (κ1) is 27.4. The lowest BCUT2D eigenvalue weighted by Crippen LogP contribution is -2.45. The van der Waals surface area contributed by atoms with Crippen LogP contribution in [0, 0.1) is 17.2 Å². The second-order valence-electron chi connectivity index (χ2n) is 10.7. The van der Waals surface area contributed by atoms with Crippen LogP contribution >= 0.6 is 23.2 Å². The maximum atomic E-state index is 11.8. The van der Waals surface area contributed by atoms with E-state index in [0.29, 0.717) is 63.2 Å². The Kier molecular flexibility index (Phi) is 8.12. The van der Waals surface area contributed by atoms with Gasteiger partial charge in [0.1, 0.15) is 5.52 Å². The second kappa shape index (κ2) is 11.5. The van der Waals surface area contributed by atoms with Crippen LogP contribution in [0.25, 0.3) is 11.2 Å². The molecule has 0 radical (unpaired) electrons. The number of imidazole rings is 1. The number of fused-ring (bicyclic) bond motifs is 1. The number of hydrogen-bond acceptors (Lipinski definition) is 8. The van der Waals surface area contributed by atoms with Crippen LogP contribution in [-0.2, 0) is 4.79 Å². The van der Waals surface area contributed by atoms with Crippen molar-refractivity contribution in [3.63, 3.8) is 0 Å². The first-order chi connectivity index (χ1) is 18.7. The number of carbonyl (C=O) groups excluding carboxylic acids is 1. The fourth-order valence-corrected chi connectivity index (χ4v) is 6.24. The summed E-state index contributed by atoms with van der Waals surface area (Å²) in [5, 5.41) is 16.7. The van der Waals surface area contributed by atoms with Crippen LogP contribution in [0.2, 0.25) is 10.0 Å². The number of nitrogens with one attached hydrogen (secondary N) is 2. The number of nitrogens with zero attached hydrogens (tertiary/aromatic N) is 6. The number of nitrogens with two attached hydrogens (primary N) is 1. The predicted molar refractivity (Wildman–Crippen MR) is 153 cm³/mol. The average Bonchev–Trinajstić information content (AvgIpc) is 3.28. The smallest absolute Gasteiger partial charge is 0.225 e. The molecule has 3 heterocycles. The van der Waals surface area contributed by atoms with Gasteiger partial charge in [-0.2, -0.15) is 10.2 Å². The summed E-state index contributed by atoms with van der Waals surface area (Å²) in [6.45, 7) is 6.48. The summed E-state index contributed by atoms with van der Waals surface area (Å²) >= 11 is 13.0. The molecule has 0 spiro atoms. The quantitative estimate of drug-likeness (QED) is 0.350. The Morgan fingerprint density at radius 1 is 1.15 bits per heavy atom. The van der Waals surface area contributed by atoms with Gasteiger partial charge in [-0.05, 0) is 71.0 Å². The first-order valence-corrected chi connectivity index (χ1v) is 14.2. The summed E-state index contributed by atoms with van der Waals surface area (Å²) in [5.41, 5.74) is 7.75. The highest BCUT2D eigenvalue weighted by molar-refractivity contribution is 6.39. The van der Waals surface area contributed by atoms with Crippen molar-refractivity contribution in [2.24, 2.45) is 11.7 Å². The van der Waals surface area contributed by atoms with E-state index in [1.165, 1.54) is 0 Å².